The molecular formula is C13H17NO3. The van der Waals surface area contributed by atoms with E-state index in [2.05, 4.69) is 5.32 Å². The van der Waals surface area contributed by atoms with Gasteiger partial charge in [-0.3, -0.25) is 0 Å². The maximum Gasteiger partial charge on any atom is 0.161 e. The topological polar surface area (TPSA) is 61.7 Å². The Balaban J connectivity index is 1.82. The van der Waals surface area contributed by atoms with Crippen molar-refractivity contribution >= 4 is 0 Å². The van der Waals surface area contributed by atoms with Crippen LogP contribution < -0.4 is 5.32 Å². The summed E-state index contributed by atoms with van der Waals surface area (Å²) in [6.45, 7) is 1.38. The number of hydrogen-bond donors (Lipinski definition) is 3. The van der Waals surface area contributed by atoms with Gasteiger partial charge >= 0.3 is 0 Å². The van der Waals surface area contributed by atoms with E-state index < -0.39 is 0 Å². The molecule has 1 atom stereocenters. The molecule has 1 fully saturated rings. The lowest BCUT2D eigenvalue weighted by Gasteiger charge is -2.27. The maximum atomic E-state index is 9.82. The normalized spacial score (nSPS) is 23.4. The van der Waals surface area contributed by atoms with Gasteiger partial charge in [0.15, 0.2) is 11.5 Å². The van der Waals surface area contributed by atoms with Crippen molar-refractivity contribution in [2.75, 3.05) is 13.2 Å². The number of aromatic hydroxyl groups is 2. The van der Waals surface area contributed by atoms with E-state index in [1.54, 1.807) is 0 Å². The molecule has 4 heteroatoms. The van der Waals surface area contributed by atoms with Gasteiger partial charge in [-0.25, -0.2) is 0 Å². The van der Waals surface area contributed by atoms with Gasteiger partial charge in [0, 0.05) is 18.2 Å². The van der Waals surface area contributed by atoms with Crippen LogP contribution in [-0.4, -0.2) is 29.4 Å². The third-order valence-electron chi connectivity index (χ3n) is 3.48. The van der Waals surface area contributed by atoms with E-state index >= 15 is 0 Å². The van der Waals surface area contributed by atoms with Crippen LogP contribution in [0.2, 0.25) is 0 Å². The predicted octanol–water partition coefficient (Wildman–Crippen LogP) is 1.46. The standard InChI is InChI=1S/C13H17NO3/c15-11-4-3-9-10(13(11)16)5-6-17-12(9)7-14-8-1-2-8/h3-4,8,12,14-16H,1-2,5-7H2. The van der Waals surface area contributed by atoms with Crippen molar-refractivity contribution in [3.8, 4) is 11.5 Å². The monoisotopic (exact) mass is 235 g/mol. The van der Waals surface area contributed by atoms with Gasteiger partial charge < -0.3 is 20.3 Å². The molecule has 1 unspecified atom stereocenters. The van der Waals surface area contributed by atoms with Crippen molar-refractivity contribution in [1.82, 2.24) is 5.32 Å². The molecule has 0 spiro atoms. The summed E-state index contributed by atoms with van der Waals surface area (Å²) in [5.41, 5.74) is 1.83. The number of rotatable bonds is 3. The van der Waals surface area contributed by atoms with Gasteiger partial charge in [0.2, 0.25) is 0 Å². The van der Waals surface area contributed by atoms with Crippen molar-refractivity contribution in [1.29, 1.82) is 0 Å². The van der Waals surface area contributed by atoms with Crippen molar-refractivity contribution in [3.63, 3.8) is 0 Å². The molecule has 1 heterocycles. The SMILES string of the molecule is Oc1ccc2c(c1O)CCOC2CNC1CC1. The fourth-order valence-electron chi connectivity index (χ4n) is 2.33. The average molecular weight is 235 g/mol. The zero-order valence-corrected chi connectivity index (χ0v) is 9.65. The lowest BCUT2D eigenvalue weighted by atomic mass is 9.96. The minimum Gasteiger partial charge on any atom is -0.504 e. The molecule has 0 saturated heterocycles. The second kappa shape index (κ2) is 4.20. The van der Waals surface area contributed by atoms with Crippen molar-refractivity contribution < 1.29 is 14.9 Å². The lowest BCUT2D eigenvalue weighted by Crippen LogP contribution is -2.28. The molecule has 1 aromatic carbocycles. The predicted molar refractivity (Wildman–Crippen MR) is 63.2 cm³/mol. The first-order valence-electron chi connectivity index (χ1n) is 6.14. The third kappa shape index (κ3) is 2.10. The first-order chi connectivity index (χ1) is 8.25. The van der Waals surface area contributed by atoms with E-state index in [-0.39, 0.29) is 17.6 Å². The number of ether oxygens (including phenoxy) is 1. The van der Waals surface area contributed by atoms with Crippen LogP contribution in [0.5, 0.6) is 11.5 Å². The minimum atomic E-state index is -0.0421. The average Bonchev–Trinajstić information content (AvgIpc) is 3.15. The quantitative estimate of drug-likeness (QED) is 0.694. The van der Waals surface area contributed by atoms with Crippen LogP contribution in [0, 0.1) is 0 Å². The van der Waals surface area contributed by atoms with E-state index in [1.165, 1.54) is 18.9 Å². The Labute approximate surface area is 100 Å². The first kappa shape index (κ1) is 10.9. The van der Waals surface area contributed by atoms with Crippen molar-refractivity contribution in [3.05, 3.63) is 23.3 Å². The molecule has 0 aromatic heterocycles. The van der Waals surface area contributed by atoms with Crippen LogP contribution in [0.3, 0.4) is 0 Å². The van der Waals surface area contributed by atoms with Gasteiger partial charge in [0.25, 0.3) is 0 Å². The number of benzene rings is 1. The molecule has 92 valence electrons. The molecule has 3 rings (SSSR count). The molecule has 1 aliphatic heterocycles. The second-order valence-electron chi connectivity index (χ2n) is 4.79. The first-order valence-corrected chi connectivity index (χ1v) is 6.14. The van der Waals surface area contributed by atoms with Gasteiger partial charge in [-0.05, 0) is 30.9 Å². The summed E-state index contributed by atoms with van der Waals surface area (Å²) in [6.07, 6.45) is 3.15. The highest BCUT2D eigenvalue weighted by Gasteiger charge is 2.27. The van der Waals surface area contributed by atoms with Crippen LogP contribution in [0.25, 0.3) is 0 Å². The summed E-state index contributed by atoms with van der Waals surface area (Å²) >= 11 is 0. The summed E-state index contributed by atoms with van der Waals surface area (Å²) in [4.78, 5) is 0. The Kier molecular flexibility index (Phi) is 2.68. The van der Waals surface area contributed by atoms with Gasteiger partial charge in [0.05, 0.1) is 12.7 Å². The molecule has 0 bridgehead atoms. The highest BCUT2D eigenvalue weighted by atomic mass is 16.5. The van der Waals surface area contributed by atoms with Gasteiger partial charge in [-0.15, -0.1) is 0 Å². The number of hydrogen-bond acceptors (Lipinski definition) is 4. The zero-order chi connectivity index (χ0) is 11.8. The highest BCUT2D eigenvalue weighted by Crippen LogP contribution is 2.38. The number of nitrogens with one attached hydrogen (secondary N) is 1. The molecular weight excluding hydrogens is 218 g/mol. The Morgan fingerprint density at radius 3 is 2.88 bits per heavy atom. The maximum absolute atomic E-state index is 9.82. The van der Waals surface area contributed by atoms with Crippen LogP contribution >= 0.6 is 0 Å². The third-order valence-corrected chi connectivity index (χ3v) is 3.48. The number of fused-ring (bicyclic) bond motifs is 1. The molecule has 17 heavy (non-hydrogen) atoms. The smallest absolute Gasteiger partial charge is 0.161 e. The molecule has 3 N–H and O–H groups in total. The highest BCUT2D eigenvalue weighted by molar-refractivity contribution is 5.50. The van der Waals surface area contributed by atoms with Gasteiger partial charge in [-0.2, -0.15) is 0 Å². The molecule has 0 amide bonds. The minimum absolute atomic E-state index is 0.00847. The summed E-state index contributed by atoms with van der Waals surface area (Å²) in [7, 11) is 0. The molecule has 1 saturated carbocycles. The summed E-state index contributed by atoms with van der Waals surface area (Å²) in [6, 6.07) is 4.03. The van der Waals surface area contributed by atoms with Gasteiger partial charge in [-0.1, -0.05) is 6.07 Å². The number of phenolic OH excluding ortho intramolecular Hbond substituents is 2. The van der Waals surface area contributed by atoms with Crippen molar-refractivity contribution in [2.45, 2.75) is 31.4 Å². The van der Waals surface area contributed by atoms with E-state index in [4.69, 9.17) is 4.74 Å². The second-order valence-corrected chi connectivity index (χ2v) is 4.79. The van der Waals surface area contributed by atoms with E-state index in [0.717, 1.165) is 17.7 Å². The van der Waals surface area contributed by atoms with Crippen LogP contribution in [0.4, 0.5) is 0 Å². The van der Waals surface area contributed by atoms with Crippen molar-refractivity contribution in [2.24, 2.45) is 0 Å². The van der Waals surface area contributed by atoms with E-state index in [9.17, 15) is 10.2 Å². The summed E-state index contributed by atoms with van der Waals surface area (Å²) in [5, 5.41) is 22.7. The zero-order valence-electron chi connectivity index (χ0n) is 9.65. The van der Waals surface area contributed by atoms with E-state index in [1.807, 2.05) is 6.07 Å². The molecule has 4 nitrogen and oxygen atoms in total. The Hall–Kier alpha value is -1.26. The molecule has 1 aromatic rings. The number of phenols is 2. The lowest BCUT2D eigenvalue weighted by molar-refractivity contribution is 0.0414. The summed E-state index contributed by atoms with van der Waals surface area (Å²) in [5.74, 6) is -0.0261. The fourth-order valence-corrected chi connectivity index (χ4v) is 2.33. The molecule has 1 aliphatic carbocycles. The molecule has 2 aliphatic rings. The van der Waals surface area contributed by atoms with Crippen LogP contribution in [-0.2, 0) is 11.2 Å². The fraction of sp³-hybridized carbons (Fsp3) is 0.538. The summed E-state index contributed by atoms with van der Waals surface area (Å²) < 4.78 is 5.72. The van der Waals surface area contributed by atoms with E-state index in [0.29, 0.717) is 19.1 Å². The molecule has 0 radical (unpaired) electrons. The Morgan fingerprint density at radius 1 is 1.29 bits per heavy atom. The Bertz CT molecular complexity index is 429. The van der Waals surface area contributed by atoms with Gasteiger partial charge in [0.1, 0.15) is 0 Å². The largest absolute Gasteiger partial charge is 0.504 e. The van der Waals surface area contributed by atoms with Crippen LogP contribution in [0.15, 0.2) is 12.1 Å². The Morgan fingerprint density at radius 2 is 2.12 bits per heavy atom. The van der Waals surface area contributed by atoms with Crippen LogP contribution in [0.1, 0.15) is 30.1 Å².